The highest BCUT2D eigenvalue weighted by Gasteiger charge is 2.59. The number of rotatable bonds is 6. The lowest BCUT2D eigenvalue weighted by Crippen LogP contribution is -2.43. The van der Waals surface area contributed by atoms with Crippen LogP contribution in [0.15, 0.2) is 73.3 Å². The lowest BCUT2D eigenvalue weighted by atomic mass is 9.54. The van der Waals surface area contributed by atoms with Gasteiger partial charge in [-0.25, -0.2) is 9.59 Å². The van der Waals surface area contributed by atoms with Crippen molar-refractivity contribution < 1.29 is 54.9 Å². The van der Waals surface area contributed by atoms with E-state index < -0.39 is 48.3 Å². The molecule has 0 spiro atoms. The van der Waals surface area contributed by atoms with Crippen LogP contribution in [0, 0.1) is 58.2 Å². The quantitative estimate of drug-likeness (QED) is 0.117. The Kier molecular flexibility index (Phi) is 11.6. The zero-order valence-electron chi connectivity index (χ0n) is 30.2. The highest BCUT2D eigenvalue weighted by molar-refractivity contribution is 5.83. The number of fused-ring (bicyclic) bond motifs is 6. The van der Waals surface area contributed by atoms with Crippen molar-refractivity contribution in [1.29, 1.82) is 0 Å². The lowest BCUT2D eigenvalue weighted by molar-refractivity contribution is -0.182. The molecule has 12 heteroatoms. The van der Waals surface area contributed by atoms with Gasteiger partial charge >= 0.3 is 24.3 Å². The maximum Gasteiger partial charge on any atom is 0.422 e. The Hall–Kier alpha value is -3.44. The van der Waals surface area contributed by atoms with Gasteiger partial charge in [0.2, 0.25) is 0 Å². The van der Waals surface area contributed by atoms with Crippen LogP contribution >= 0.6 is 0 Å². The largest absolute Gasteiger partial charge is 0.489 e. The van der Waals surface area contributed by atoms with Gasteiger partial charge in [0, 0.05) is 22.7 Å². The molecule has 0 radical (unpaired) electrons. The van der Waals surface area contributed by atoms with E-state index in [0.717, 1.165) is 50.7 Å². The van der Waals surface area contributed by atoms with Gasteiger partial charge < -0.3 is 18.9 Å². The molecule has 52 heavy (non-hydrogen) atoms. The topological polar surface area (TPSA) is 71.1 Å². The molecule has 0 aromatic rings. The van der Waals surface area contributed by atoms with Crippen molar-refractivity contribution in [3.8, 4) is 0 Å². The normalized spacial score (nSPS) is 40.5. The highest BCUT2D eigenvalue weighted by atomic mass is 19.4. The van der Waals surface area contributed by atoms with E-state index in [0.29, 0.717) is 47.0 Å². The predicted molar refractivity (Wildman–Crippen MR) is 182 cm³/mol. The van der Waals surface area contributed by atoms with Crippen molar-refractivity contribution in [3.05, 3.63) is 73.3 Å². The first kappa shape index (κ1) is 39.8. The first-order valence-corrected chi connectivity index (χ1v) is 18.2. The van der Waals surface area contributed by atoms with Crippen molar-refractivity contribution in [2.75, 3.05) is 13.2 Å². The summed E-state index contributed by atoms with van der Waals surface area (Å²) >= 11 is 0. The average Bonchev–Trinajstić information content (AvgIpc) is 3.51. The molecule has 6 aliphatic rings. The number of hydrogen-bond acceptors (Lipinski definition) is 6. The van der Waals surface area contributed by atoms with Crippen LogP contribution < -0.4 is 0 Å². The molecule has 6 nitrogen and oxygen atoms in total. The molecule has 6 rings (SSSR count). The van der Waals surface area contributed by atoms with Gasteiger partial charge in [0.25, 0.3) is 0 Å². The fraction of sp³-hybridized carbons (Fsp3) is 0.650. The summed E-state index contributed by atoms with van der Waals surface area (Å²) < 4.78 is 94.4. The second kappa shape index (κ2) is 15.1. The van der Waals surface area contributed by atoms with Crippen molar-refractivity contribution in [3.63, 3.8) is 0 Å². The van der Waals surface area contributed by atoms with Crippen molar-refractivity contribution in [2.45, 2.75) is 90.8 Å². The summed E-state index contributed by atoms with van der Waals surface area (Å²) in [6.07, 6.45) is 11.1. The van der Waals surface area contributed by atoms with Crippen LogP contribution in [0.5, 0.6) is 0 Å². The van der Waals surface area contributed by atoms with Gasteiger partial charge in [0.1, 0.15) is 23.7 Å². The Morgan fingerprint density at radius 2 is 1.08 bits per heavy atom. The number of carbonyl (C=O) groups excluding carboxylic acids is 2. The van der Waals surface area contributed by atoms with Gasteiger partial charge in [-0.1, -0.05) is 90.2 Å². The third-order valence-electron chi connectivity index (χ3n) is 12.4. The van der Waals surface area contributed by atoms with E-state index in [4.69, 9.17) is 9.47 Å². The first-order chi connectivity index (χ1) is 24.3. The maximum absolute atomic E-state index is 12.3. The van der Waals surface area contributed by atoms with E-state index >= 15 is 0 Å². The third-order valence-corrected chi connectivity index (χ3v) is 12.4. The number of halogens is 6. The number of carbonyl (C=O) groups is 2. The molecular weight excluding hydrogens is 690 g/mol. The maximum atomic E-state index is 12.3. The number of allylic oxidation sites excluding steroid dienone is 4. The molecule has 288 valence electrons. The summed E-state index contributed by atoms with van der Waals surface area (Å²) in [4.78, 5) is 23.9. The van der Waals surface area contributed by atoms with Gasteiger partial charge in [-0.2, -0.15) is 26.3 Å². The summed E-state index contributed by atoms with van der Waals surface area (Å²) in [6.45, 7) is 13.0. The van der Waals surface area contributed by atoms with Crippen molar-refractivity contribution >= 4 is 11.9 Å². The SMILES string of the molecule is C=C[C@H]1O/C(=C\C(=O)OCC(F)(F)F)[C@@]2(C)[C@@H]1C=C[C@H]1C[C@@H](C)CC[C@@H]12.C=C[C@H]1O/C(=C\C(=O)OCC(F)(F)F)[C@@]2(C)[C@@H]1C=C[C@H]1C[C@@H](C)CC[C@@H]12. The molecule has 12 atom stereocenters. The fourth-order valence-corrected chi connectivity index (χ4v) is 9.84. The van der Waals surface area contributed by atoms with E-state index in [2.05, 4.69) is 74.6 Å². The smallest absolute Gasteiger partial charge is 0.422 e. The number of alkyl halides is 6. The molecule has 0 N–H and O–H groups in total. The Balaban J connectivity index is 0.000000201. The summed E-state index contributed by atoms with van der Waals surface area (Å²) in [5.41, 5.74) is -0.870. The van der Waals surface area contributed by atoms with Gasteiger partial charge in [-0.05, 0) is 61.2 Å². The monoisotopic (exact) mass is 740 g/mol. The zero-order valence-corrected chi connectivity index (χ0v) is 30.2. The van der Waals surface area contributed by atoms with E-state index in [1.54, 1.807) is 12.2 Å². The Morgan fingerprint density at radius 3 is 1.40 bits per heavy atom. The minimum absolute atomic E-state index is 0.0244. The molecule has 0 unspecified atom stereocenters. The van der Waals surface area contributed by atoms with Crippen LogP contribution in [-0.2, 0) is 28.5 Å². The molecule has 2 aliphatic heterocycles. The third kappa shape index (κ3) is 8.20. The average molecular weight is 741 g/mol. The van der Waals surface area contributed by atoms with Gasteiger partial charge in [-0.3, -0.25) is 0 Å². The first-order valence-electron chi connectivity index (χ1n) is 18.2. The summed E-state index contributed by atoms with van der Waals surface area (Å²) in [6, 6.07) is 0. The number of ether oxygens (including phenoxy) is 4. The van der Waals surface area contributed by atoms with E-state index in [1.165, 1.54) is 0 Å². The molecule has 0 amide bonds. The molecule has 0 aromatic heterocycles. The van der Waals surface area contributed by atoms with Crippen LogP contribution in [-0.4, -0.2) is 49.7 Å². The molecule has 2 heterocycles. The Labute approximate surface area is 302 Å². The van der Waals surface area contributed by atoms with E-state index in [1.807, 2.05) is 0 Å². The molecule has 2 saturated carbocycles. The fourth-order valence-electron chi connectivity index (χ4n) is 9.84. The molecule has 2 saturated heterocycles. The summed E-state index contributed by atoms with van der Waals surface area (Å²) in [7, 11) is 0. The van der Waals surface area contributed by atoms with E-state index in [-0.39, 0.29) is 24.0 Å². The van der Waals surface area contributed by atoms with Gasteiger partial charge in [0.15, 0.2) is 13.2 Å². The Bertz CT molecular complexity index is 1380. The molecular formula is C40H50F6O6. The molecule has 0 bridgehead atoms. The zero-order chi connectivity index (χ0) is 38.2. The second-order valence-electron chi connectivity index (χ2n) is 15.9. The minimum Gasteiger partial charge on any atom is -0.489 e. The van der Waals surface area contributed by atoms with E-state index in [9.17, 15) is 35.9 Å². The highest BCUT2D eigenvalue weighted by Crippen LogP contribution is 2.62. The van der Waals surface area contributed by atoms with Crippen molar-refractivity contribution in [1.82, 2.24) is 0 Å². The second-order valence-corrected chi connectivity index (χ2v) is 15.9. The van der Waals surface area contributed by atoms with Crippen LogP contribution in [0.2, 0.25) is 0 Å². The summed E-state index contributed by atoms with van der Waals surface area (Å²) in [5.74, 6) is 1.51. The Morgan fingerprint density at radius 1 is 0.712 bits per heavy atom. The predicted octanol–water partition coefficient (Wildman–Crippen LogP) is 9.61. The lowest BCUT2D eigenvalue weighted by Gasteiger charge is -2.47. The van der Waals surface area contributed by atoms with Crippen LogP contribution in [0.1, 0.15) is 66.2 Å². The molecule has 4 fully saturated rings. The van der Waals surface area contributed by atoms with Crippen LogP contribution in [0.4, 0.5) is 26.3 Å². The standard InChI is InChI=1S/2C20H25F3O3/c2*1-4-16-15-8-6-13-9-12(2)5-7-14(13)19(15,3)17(26-16)10-18(24)25-11-20(21,22)23/h2*4,6,8,10,12-16H,1,5,7,9,11H2,2-3H3/b2*17-10-/t2*12-,13-,14-,15+,16+,19+/m00/s1. The van der Waals surface area contributed by atoms with Gasteiger partial charge in [-0.15, -0.1) is 0 Å². The van der Waals surface area contributed by atoms with Crippen LogP contribution in [0.3, 0.4) is 0 Å². The number of hydrogen-bond donors (Lipinski definition) is 0. The van der Waals surface area contributed by atoms with Gasteiger partial charge in [0.05, 0.1) is 12.2 Å². The molecule has 4 aliphatic carbocycles. The summed E-state index contributed by atoms with van der Waals surface area (Å²) in [5, 5.41) is 0. The van der Waals surface area contributed by atoms with Crippen molar-refractivity contribution in [2.24, 2.45) is 58.2 Å². The van der Waals surface area contributed by atoms with Crippen LogP contribution in [0.25, 0.3) is 0 Å². The minimum atomic E-state index is -4.54. The number of esters is 2. The molecule has 0 aromatic carbocycles.